The maximum Gasteiger partial charge on any atom is 0.339 e. The zero-order valence-corrected chi connectivity index (χ0v) is 21.1. The van der Waals surface area contributed by atoms with E-state index in [1.807, 2.05) is 72.8 Å². The number of nitrogens with zero attached hydrogens (tertiary/aromatic N) is 2. The van der Waals surface area contributed by atoms with Crippen LogP contribution in [0.1, 0.15) is 11.1 Å². The first-order valence-electron chi connectivity index (χ1n) is 12.1. The monoisotopic (exact) mass is 505 g/mol. The van der Waals surface area contributed by atoms with Crippen LogP contribution in [0.15, 0.2) is 115 Å². The van der Waals surface area contributed by atoms with E-state index in [9.17, 15) is 9.59 Å². The second-order valence-electron chi connectivity index (χ2n) is 8.66. The van der Waals surface area contributed by atoms with E-state index >= 15 is 0 Å². The fourth-order valence-electron chi connectivity index (χ4n) is 4.50. The highest BCUT2D eigenvalue weighted by Gasteiger charge is 2.50. The van der Waals surface area contributed by atoms with Gasteiger partial charge in [-0.2, -0.15) is 0 Å². The van der Waals surface area contributed by atoms with Gasteiger partial charge in [-0.05, 0) is 60.2 Å². The molecule has 1 atom stereocenters. The minimum Gasteiger partial charge on any atom is -0.497 e. The van der Waals surface area contributed by atoms with Gasteiger partial charge in [0.2, 0.25) is 0 Å². The highest BCUT2D eigenvalue weighted by Crippen LogP contribution is 2.39. The standard InChI is InChI=1S/C31H27N3O4/c1-37-27-17-13-25(14-18-27)33-29(35)32-31(24-11-7-4-8-12-24,22-21-23-9-5-3-6-10-23)34(30(33)36)26-15-19-28(38-2)20-16-26/h3-22H,1-2H3,(H,32,35)/b22-21+. The minimum atomic E-state index is -1.32. The lowest BCUT2D eigenvalue weighted by molar-refractivity contribution is 0.215. The van der Waals surface area contributed by atoms with Crippen molar-refractivity contribution >= 4 is 29.5 Å². The molecule has 1 aliphatic rings. The summed E-state index contributed by atoms with van der Waals surface area (Å²) in [5.74, 6) is 1.27. The third-order valence-electron chi connectivity index (χ3n) is 6.43. The second kappa shape index (κ2) is 10.5. The molecule has 190 valence electrons. The van der Waals surface area contributed by atoms with Crippen molar-refractivity contribution in [3.05, 3.63) is 126 Å². The SMILES string of the molecule is COc1ccc(N2C(=O)NC(/C=C/c3ccccc3)(c3ccccc3)N(c3ccc(OC)cc3)C2=O)cc1. The minimum absolute atomic E-state index is 0.417. The predicted molar refractivity (Wildman–Crippen MR) is 148 cm³/mol. The van der Waals surface area contributed by atoms with E-state index in [0.717, 1.165) is 16.0 Å². The molecule has 5 rings (SSSR count). The summed E-state index contributed by atoms with van der Waals surface area (Å²) in [5.41, 5.74) is 1.33. The predicted octanol–water partition coefficient (Wildman–Crippen LogP) is 6.43. The van der Waals surface area contributed by atoms with Gasteiger partial charge in [0.05, 0.1) is 19.9 Å². The van der Waals surface area contributed by atoms with Gasteiger partial charge in [-0.1, -0.05) is 66.7 Å². The van der Waals surface area contributed by atoms with E-state index in [-0.39, 0.29) is 0 Å². The molecule has 0 aliphatic carbocycles. The third-order valence-corrected chi connectivity index (χ3v) is 6.43. The topological polar surface area (TPSA) is 71.1 Å². The quantitative estimate of drug-likeness (QED) is 0.314. The Morgan fingerprint density at radius 3 is 1.76 bits per heavy atom. The first kappa shape index (κ1) is 24.6. The van der Waals surface area contributed by atoms with Crippen LogP contribution < -0.4 is 24.6 Å². The van der Waals surface area contributed by atoms with Crippen LogP contribution in [-0.4, -0.2) is 26.3 Å². The summed E-state index contributed by atoms with van der Waals surface area (Å²) in [6, 6.07) is 32.1. The number of nitrogens with one attached hydrogen (secondary N) is 1. The Kier molecular flexibility index (Phi) is 6.82. The van der Waals surface area contributed by atoms with Crippen molar-refractivity contribution in [1.29, 1.82) is 0 Å². The lowest BCUT2D eigenvalue weighted by atomic mass is 9.93. The molecule has 1 fully saturated rings. The van der Waals surface area contributed by atoms with E-state index in [1.54, 1.807) is 67.7 Å². The van der Waals surface area contributed by atoms with Crippen LogP contribution >= 0.6 is 0 Å². The summed E-state index contributed by atoms with van der Waals surface area (Å²) < 4.78 is 10.6. The number of hydrogen-bond acceptors (Lipinski definition) is 4. The average Bonchev–Trinajstić information content (AvgIpc) is 2.97. The number of hydrogen-bond donors (Lipinski definition) is 1. The van der Waals surface area contributed by atoms with Crippen molar-refractivity contribution < 1.29 is 19.1 Å². The normalized spacial score (nSPS) is 17.4. The summed E-state index contributed by atoms with van der Waals surface area (Å²) in [7, 11) is 3.15. The molecule has 1 saturated heterocycles. The van der Waals surface area contributed by atoms with Gasteiger partial charge in [0, 0.05) is 11.3 Å². The average molecular weight is 506 g/mol. The smallest absolute Gasteiger partial charge is 0.339 e. The molecule has 1 N–H and O–H groups in total. The highest BCUT2D eigenvalue weighted by molar-refractivity contribution is 6.22. The summed E-state index contributed by atoms with van der Waals surface area (Å²) >= 11 is 0. The number of imide groups is 1. The van der Waals surface area contributed by atoms with Gasteiger partial charge in [-0.25, -0.2) is 14.5 Å². The van der Waals surface area contributed by atoms with E-state index in [0.29, 0.717) is 22.9 Å². The lowest BCUT2D eigenvalue weighted by Crippen LogP contribution is -2.70. The molecular formula is C31H27N3O4. The summed E-state index contributed by atoms with van der Waals surface area (Å²) in [6.07, 6.45) is 3.75. The number of carbonyl (C=O) groups excluding carboxylic acids is 2. The Morgan fingerprint density at radius 1 is 0.684 bits per heavy atom. The Hall–Kier alpha value is -5.04. The Balaban J connectivity index is 1.70. The van der Waals surface area contributed by atoms with Gasteiger partial charge in [-0.3, -0.25) is 4.90 Å². The number of carbonyl (C=O) groups is 2. The number of urea groups is 2. The molecule has 7 heteroatoms. The molecule has 4 amide bonds. The zero-order valence-electron chi connectivity index (χ0n) is 21.1. The summed E-state index contributed by atoms with van der Waals surface area (Å²) in [6.45, 7) is 0. The van der Waals surface area contributed by atoms with Crippen LogP contribution in [0.5, 0.6) is 11.5 Å². The van der Waals surface area contributed by atoms with Crippen molar-refractivity contribution in [1.82, 2.24) is 5.32 Å². The first-order chi connectivity index (χ1) is 18.6. The van der Waals surface area contributed by atoms with Gasteiger partial charge < -0.3 is 14.8 Å². The van der Waals surface area contributed by atoms with Crippen molar-refractivity contribution in [2.45, 2.75) is 5.66 Å². The van der Waals surface area contributed by atoms with E-state index in [1.165, 1.54) is 0 Å². The van der Waals surface area contributed by atoms with Gasteiger partial charge in [-0.15, -0.1) is 0 Å². The summed E-state index contributed by atoms with van der Waals surface area (Å²) in [4.78, 5) is 30.8. The number of rotatable bonds is 7. The van der Waals surface area contributed by atoms with E-state index in [2.05, 4.69) is 5.32 Å². The van der Waals surface area contributed by atoms with Crippen LogP contribution in [0.4, 0.5) is 21.0 Å². The Morgan fingerprint density at radius 2 is 1.21 bits per heavy atom. The highest BCUT2D eigenvalue weighted by atomic mass is 16.5. The van der Waals surface area contributed by atoms with Crippen LogP contribution in [0.25, 0.3) is 6.08 Å². The number of anilines is 2. The molecule has 0 spiro atoms. The van der Waals surface area contributed by atoms with Gasteiger partial charge in [0.25, 0.3) is 0 Å². The molecule has 4 aromatic rings. The zero-order chi connectivity index (χ0) is 26.5. The molecule has 38 heavy (non-hydrogen) atoms. The van der Waals surface area contributed by atoms with Crippen molar-refractivity contribution in [3.8, 4) is 11.5 Å². The lowest BCUT2D eigenvalue weighted by Gasteiger charge is -2.48. The number of benzene rings is 4. The molecular weight excluding hydrogens is 478 g/mol. The molecule has 0 bridgehead atoms. The van der Waals surface area contributed by atoms with Gasteiger partial charge in [0.15, 0.2) is 5.66 Å². The molecule has 7 nitrogen and oxygen atoms in total. The maximum atomic E-state index is 14.3. The first-order valence-corrected chi connectivity index (χ1v) is 12.1. The third kappa shape index (κ3) is 4.57. The van der Waals surface area contributed by atoms with Crippen molar-refractivity contribution in [2.75, 3.05) is 24.0 Å². The Bertz CT molecular complexity index is 1440. The second-order valence-corrected chi connectivity index (χ2v) is 8.66. The van der Waals surface area contributed by atoms with Crippen molar-refractivity contribution in [2.24, 2.45) is 0 Å². The number of ether oxygens (including phenoxy) is 2. The van der Waals surface area contributed by atoms with Crippen LogP contribution in [0.3, 0.4) is 0 Å². The molecule has 0 saturated carbocycles. The fraction of sp³-hybridized carbons (Fsp3) is 0.0968. The van der Waals surface area contributed by atoms with Crippen LogP contribution in [0, 0.1) is 0 Å². The van der Waals surface area contributed by atoms with Crippen molar-refractivity contribution in [3.63, 3.8) is 0 Å². The maximum absolute atomic E-state index is 14.3. The molecule has 4 aromatic carbocycles. The fourth-order valence-corrected chi connectivity index (χ4v) is 4.50. The number of amides is 4. The van der Waals surface area contributed by atoms with E-state index in [4.69, 9.17) is 9.47 Å². The molecule has 1 aliphatic heterocycles. The van der Waals surface area contributed by atoms with Crippen LogP contribution in [0.2, 0.25) is 0 Å². The Labute approximate surface area is 221 Å². The largest absolute Gasteiger partial charge is 0.497 e. The molecule has 0 radical (unpaired) electrons. The molecule has 1 unspecified atom stereocenters. The van der Waals surface area contributed by atoms with E-state index < -0.39 is 17.7 Å². The molecule has 0 aromatic heterocycles. The molecule has 1 heterocycles. The summed E-state index contributed by atoms with van der Waals surface area (Å²) in [5, 5.41) is 3.14. The van der Waals surface area contributed by atoms with Crippen LogP contribution in [-0.2, 0) is 5.66 Å². The number of methoxy groups -OCH3 is 2. The van der Waals surface area contributed by atoms with Gasteiger partial charge >= 0.3 is 12.1 Å². The van der Waals surface area contributed by atoms with Gasteiger partial charge in [0.1, 0.15) is 11.5 Å².